The molecule has 1 heterocycles. The van der Waals surface area contributed by atoms with Crippen molar-refractivity contribution in [3.63, 3.8) is 0 Å². The maximum atomic E-state index is 12.4. The number of nitrogens with one attached hydrogen (secondary N) is 1. The van der Waals surface area contributed by atoms with Gasteiger partial charge in [-0.2, -0.15) is 0 Å². The quantitative estimate of drug-likeness (QED) is 0.195. The molecular formula is C32H41NO2. The Morgan fingerprint density at radius 2 is 1.80 bits per heavy atom. The summed E-state index contributed by atoms with van der Waals surface area (Å²) in [6.07, 6.45) is 17.9. The Kier molecular flexibility index (Phi) is 8.10. The standard InChI is InChI=1S/C32H41NO2/c1-22(14-16-28-24(3)13-10-18-31(28,5)6)11-9-12-23(2)19-30(34)35-26-15-17-29-27(20-26)25(4)21-32(7,8)33-29/h9,11-12,14-17,19-21,33H,10,13,18H2,1-8H3/b12-9+,16-14+,22-11-,23-19+. The van der Waals surface area contributed by atoms with Crippen LogP contribution < -0.4 is 10.1 Å². The summed E-state index contributed by atoms with van der Waals surface area (Å²) in [6.45, 7) is 17.3. The minimum Gasteiger partial charge on any atom is -0.423 e. The number of hydrogen-bond acceptors (Lipinski definition) is 3. The van der Waals surface area contributed by atoms with Gasteiger partial charge in [-0.1, -0.05) is 61.4 Å². The van der Waals surface area contributed by atoms with E-state index in [1.807, 2.05) is 37.3 Å². The van der Waals surface area contributed by atoms with Crippen LogP contribution in [0.4, 0.5) is 5.69 Å². The van der Waals surface area contributed by atoms with Crippen molar-refractivity contribution in [2.45, 2.75) is 80.2 Å². The van der Waals surface area contributed by atoms with Crippen LogP contribution in [-0.2, 0) is 4.79 Å². The molecule has 3 nitrogen and oxygen atoms in total. The van der Waals surface area contributed by atoms with E-state index in [0.717, 1.165) is 16.8 Å². The second kappa shape index (κ2) is 10.7. The van der Waals surface area contributed by atoms with E-state index in [2.05, 4.69) is 78.1 Å². The lowest BCUT2D eigenvalue weighted by molar-refractivity contribution is -0.129. The van der Waals surface area contributed by atoms with Gasteiger partial charge in [-0.3, -0.25) is 0 Å². The van der Waals surface area contributed by atoms with Crippen LogP contribution in [0.5, 0.6) is 5.75 Å². The Labute approximate surface area is 212 Å². The van der Waals surface area contributed by atoms with E-state index in [-0.39, 0.29) is 16.9 Å². The van der Waals surface area contributed by atoms with Gasteiger partial charge in [0.25, 0.3) is 0 Å². The Balaban J connectivity index is 1.61. The molecule has 1 aromatic carbocycles. The monoisotopic (exact) mass is 471 g/mol. The molecule has 0 spiro atoms. The molecule has 0 saturated heterocycles. The zero-order valence-electron chi connectivity index (χ0n) is 22.7. The lowest BCUT2D eigenvalue weighted by Crippen LogP contribution is -2.31. The van der Waals surface area contributed by atoms with Gasteiger partial charge in [0.15, 0.2) is 0 Å². The van der Waals surface area contributed by atoms with Crippen LogP contribution in [0.15, 0.2) is 83.0 Å². The molecule has 1 aliphatic carbocycles. The van der Waals surface area contributed by atoms with E-state index >= 15 is 0 Å². The summed E-state index contributed by atoms with van der Waals surface area (Å²) in [5, 5.41) is 3.49. The van der Waals surface area contributed by atoms with Gasteiger partial charge in [0, 0.05) is 17.3 Å². The molecule has 1 aromatic rings. The number of allylic oxidation sites excluding steroid dienone is 10. The molecule has 3 rings (SSSR count). The number of ether oxygens (including phenoxy) is 1. The molecule has 0 bridgehead atoms. The van der Waals surface area contributed by atoms with E-state index in [0.29, 0.717) is 5.75 Å². The van der Waals surface area contributed by atoms with E-state index in [9.17, 15) is 4.79 Å². The highest BCUT2D eigenvalue weighted by Crippen LogP contribution is 2.41. The van der Waals surface area contributed by atoms with E-state index in [4.69, 9.17) is 4.74 Å². The smallest absolute Gasteiger partial charge is 0.336 e. The lowest BCUT2D eigenvalue weighted by atomic mass is 9.72. The number of rotatable bonds is 6. The highest BCUT2D eigenvalue weighted by molar-refractivity contribution is 5.86. The molecular weight excluding hydrogens is 430 g/mol. The number of esters is 1. The fourth-order valence-electron chi connectivity index (χ4n) is 5.04. The third kappa shape index (κ3) is 7.21. The van der Waals surface area contributed by atoms with Crippen molar-refractivity contribution in [2.75, 3.05) is 5.32 Å². The van der Waals surface area contributed by atoms with Crippen molar-refractivity contribution in [1.29, 1.82) is 0 Å². The lowest BCUT2D eigenvalue weighted by Gasteiger charge is -2.32. The number of carbonyl (C=O) groups is 1. The van der Waals surface area contributed by atoms with Crippen molar-refractivity contribution in [3.05, 3.63) is 88.6 Å². The number of hydrogen-bond donors (Lipinski definition) is 1. The molecule has 0 atom stereocenters. The van der Waals surface area contributed by atoms with Gasteiger partial charge in [0.2, 0.25) is 0 Å². The molecule has 0 saturated carbocycles. The fourth-order valence-corrected chi connectivity index (χ4v) is 5.04. The summed E-state index contributed by atoms with van der Waals surface area (Å²) in [7, 11) is 0. The van der Waals surface area contributed by atoms with Gasteiger partial charge in [-0.05, 0) is 101 Å². The maximum absolute atomic E-state index is 12.4. The fraction of sp³-hybridized carbons (Fsp3) is 0.406. The second-order valence-corrected chi connectivity index (χ2v) is 11.2. The molecule has 0 aromatic heterocycles. The molecule has 35 heavy (non-hydrogen) atoms. The molecule has 0 radical (unpaired) electrons. The molecule has 0 amide bonds. The zero-order valence-corrected chi connectivity index (χ0v) is 22.7. The Morgan fingerprint density at radius 3 is 2.51 bits per heavy atom. The van der Waals surface area contributed by atoms with Crippen LogP contribution in [0.3, 0.4) is 0 Å². The number of carbonyl (C=O) groups excluding carboxylic acids is 1. The number of benzene rings is 1. The summed E-state index contributed by atoms with van der Waals surface area (Å²) < 4.78 is 5.58. The summed E-state index contributed by atoms with van der Waals surface area (Å²) in [4.78, 5) is 12.4. The predicted molar refractivity (Wildman–Crippen MR) is 150 cm³/mol. The second-order valence-electron chi connectivity index (χ2n) is 11.2. The third-order valence-electron chi connectivity index (χ3n) is 6.79. The highest BCUT2D eigenvalue weighted by Gasteiger charge is 2.26. The van der Waals surface area contributed by atoms with Crippen LogP contribution >= 0.6 is 0 Å². The van der Waals surface area contributed by atoms with Crippen molar-refractivity contribution in [2.24, 2.45) is 5.41 Å². The average molecular weight is 472 g/mol. The third-order valence-corrected chi connectivity index (χ3v) is 6.79. The Bertz CT molecular complexity index is 1170. The first-order valence-electron chi connectivity index (χ1n) is 12.6. The molecule has 1 aliphatic heterocycles. The van der Waals surface area contributed by atoms with Crippen molar-refractivity contribution in [3.8, 4) is 5.75 Å². The van der Waals surface area contributed by atoms with Crippen molar-refractivity contribution >= 4 is 17.2 Å². The first-order valence-corrected chi connectivity index (χ1v) is 12.6. The Morgan fingerprint density at radius 1 is 1.06 bits per heavy atom. The van der Waals surface area contributed by atoms with Crippen LogP contribution in [0.25, 0.3) is 5.57 Å². The van der Waals surface area contributed by atoms with Gasteiger partial charge >= 0.3 is 5.97 Å². The maximum Gasteiger partial charge on any atom is 0.336 e. The van der Waals surface area contributed by atoms with Crippen LogP contribution in [-0.4, -0.2) is 11.5 Å². The minimum absolute atomic E-state index is 0.0905. The van der Waals surface area contributed by atoms with Gasteiger partial charge in [0.05, 0.1) is 5.54 Å². The van der Waals surface area contributed by atoms with Crippen molar-refractivity contribution < 1.29 is 9.53 Å². The van der Waals surface area contributed by atoms with Gasteiger partial charge in [-0.15, -0.1) is 0 Å². The van der Waals surface area contributed by atoms with Crippen LogP contribution in [0.2, 0.25) is 0 Å². The molecule has 2 aliphatic rings. The zero-order chi connectivity index (χ0) is 25.8. The predicted octanol–water partition coefficient (Wildman–Crippen LogP) is 8.73. The SMILES string of the molecule is CC1=CC(C)(C)Nc2ccc(OC(=O)/C=C(C)/C=C/C=C(C)\C=C\C3=C(C)CCCC3(C)C)cc21. The normalized spacial score (nSPS) is 20.1. The molecule has 0 unspecified atom stereocenters. The molecule has 186 valence electrons. The topological polar surface area (TPSA) is 38.3 Å². The van der Waals surface area contributed by atoms with Gasteiger partial charge in [0.1, 0.15) is 5.75 Å². The molecule has 3 heteroatoms. The van der Waals surface area contributed by atoms with E-state index < -0.39 is 0 Å². The Hall–Kier alpha value is -3.07. The summed E-state index contributed by atoms with van der Waals surface area (Å²) in [5.74, 6) is 0.174. The summed E-state index contributed by atoms with van der Waals surface area (Å²) in [6, 6.07) is 5.73. The highest BCUT2D eigenvalue weighted by atomic mass is 16.5. The van der Waals surface area contributed by atoms with Gasteiger partial charge in [-0.25, -0.2) is 4.79 Å². The molecule has 0 fully saturated rings. The first-order chi connectivity index (χ1) is 16.4. The van der Waals surface area contributed by atoms with Crippen LogP contribution in [0, 0.1) is 5.41 Å². The summed E-state index contributed by atoms with van der Waals surface area (Å²) >= 11 is 0. The first kappa shape index (κ1) is 26.5. The van der Waals surface area contributed by atoms with Crippen LogP contribution in [0.1, 0.15) is 80.2 Å². The minimum atomic E-state index is -0.375. The summed E-state index contributed by atoms with van der Waals surface area (Å²) in [5.41, 5.74) is 8.42. The average Bonchev–Trinajstić information content (AvgIpc) is 2.72. The van der Waals surface area contributed by atoms with E-state index in [1.165, 1.54) is 47.6 Å². The molecule has 1 N–H and O–H groups in total. The van der Waals surface area contributed by atoms with Crippen molar-refractivity contribution in [1.82, 2.24) is 0 Å². The van der Waals surface area contributed by atoms with Gasteiger partial charge < -0.3 is 10.1 Å². The van der Waals surface area contributed by atoms with E-state index in [1.54, 1.807) is 0 Å². The largest absolute Gasteiger partial charge is 0.423 e. The number of anilines is 1. The number of fused-ring (bicyclic) bond motifs is 1.